The molecule has 5 rings (SSSR count). The largest absolute Gasteiger partial charge is 0.416 e. The zero-order valence-electron chi connectivity index (χ0n) is 30.0. The molecule has 0 aliphatic carbocycles. The van der Waals surface area contributed by atoms with Gasteiger partial charge in [0, 0.05) is 88.4 Å². The molecule has 1 fully saturated rings. The van der Waals surface area contributed by atoms with E-state index in [2.05, 4.69) is 25.8 Å². The number of nitrogens with zero attached hydrogens (tertiary/aromatic N) is 3. The molecule has 0 bridgehead atoms. The van der Waals surface area contributed by atoms with Crippen LogP contribution in [0.5, 0.6) is 0 Å². The third kappa shape index (κ3) is 11.1. The number of halogens is 3. The van der Waals surface area contributed by atoms with Gasteiger partial charge in [-0.1, -0.05) is 24.3 Å². The highest BCUT2D eigenvalue weighted by Gasteiger charge is 2.30. The second-order valence-electron chi connectivity index (χ2n) is 13.0. The van der Waals surface area contributed by atoms with Gasteiger partial charge in [0.15, 0.2) is 0 Å². The highest BCUT2D eigenvalue weighted by molar-refractivity contribution is 6.08. The number of methoxy groups -OCH3 is 1. The van der Waals surface area contributed by atoms with Crippen LogP contribution in [0.2, 0.25) is 0 Å². The Bertz CT molecular complexity index is 1880. The molecule has 0 radical (unpaired) electrons. The third-order valence-corrected chi connectivity index (χ3v) is 9.01. The summed E-state index contributed by atoms with van der Waals surface area (Å²) >= 11 is 0. The van der Waals surface area contributed by atoms with Crippen molar-refractivity contribution >= 4 is 29.1 Å². The van der Waals surface area contributed by atoms with Gasteiger partial charge < -0.3 is 30.5 Å². The summed E-state index contributed by atoms with van der Waals surface area (Å²) in [5, 5.41) is 8.98. The van der Waals surface area contributed by atoms with E-state index in [4.69, 9.17) is 4.74 Å². The van der Waals surface area contributed by atoms with Crippen LogP contribution >= 0.6 is 0 Å². The standard InChI is InChI=1S/C40H45F3N6O4/c1-48(20-15-37(50)46-17-21-53-2)39(52)31-10-7-9-30(24-31)38(51)47-35-13-12-33(49-18-4-3-5-19-49)25-34(35)36-23-29(14-16-45-36)27-44-26-28-8-6-11-32(22-28)40(41,42)43/h6-14,16,22-25,44H,3-5,15,17-21,26-27H2,1-2H3,(H,46,50)(H,47,51). The Hall–Kier alpha value is -5.27. The number of hydrogen-bond donors (Lipinski definition) is 3. The van der Waals surface area contributed by atoms with Crippen LogP contribution in [0, 0.1) is 0 Å². The van der Waals surface area contributed by atoms with Crippen molar-refractivity contribution in [1.82, 2.24) is 20.5 Å². The average Bonchev–Trinajstić information content (AvgIpc) is 3.17. The van der Waals surface area contributed by atoms with E-state index in [-0.39, 0.29) is 36.9 Å². The number of pyridine rings is 1. The lowest BCUT2D eigenvalue weighted by atomic mass is 10.0. The summed E-state index contributed by atoms with van der Waals surface area (Å²) in [5.41, 5.74) is 4.16. The number of carbonyl (C=O) groups excluding carboxylic acids is 3. The summed E-state index contributed by atoms with van der Waals surface area (Å²) in [6.45, 7) is 3.46. The number of anilines is 2. The first kappa shape index (κ1) is 38.9. The number of aromatic nitrogens is 1. The van der Waals surface area contributed by atoms with Gasteiger partial charge >= 0.3 is 6.18 Å². The molecule has 3 N–H and O–H groups in total. The van der Waals surface area contributed by atoms with Gasteiger partial charge in [-0.3, -0.25) is 19.4 Å². The first-order valence-electron chi connectivity index (χ1n) is 17.7. The molecule has 3 aromatic carbocycles. The van der Waals surface area contributed by atoms with Crippen molar-refractivity contribution in [3.63, 3.8) is 0 Å². The average molecular weight is 731 g/mol. The molecule has 1 aliphatic heterocycles. The van der Waals surface area contributed by atoms with Crippen molar-refractivity contribution in [2.75, 3.05) is 57.2 Å². The zero-order valence-corrected chi connectivity index (χ0v) is 30.0. The van der Waals surface area contributed by atoms with Crippen molar-refractivity contribution in [1.29, 1.82) is 0 Å². The lowest BCUT2D eigenvalue weighted by Gasteiger charge is -2.29. The monoisotopic (exact) mass is 730 g/mol. The van der Waals surface area contributed by atoms with Gasteiger partial charge in [-0.05, 0) is 85.0 Å². The molecular weight excluding hydrogens is 685 g/mol. The summed E-state index contributed by atoms with van der Waals surface area (Å²) in [6.07, 6.45) is 0.744. The Labute approximate surface area is 307 Å². The molecule has 0 spiro atoms. The SMILES string of the molecule is COCCNC(=O)CCN(C)C(=O)c1cccc(C(=O)Nc2ccc(N3CCCCC3)cc2-c2cc(CNCc3cccc(C(F)(F)F)c3)ccn2)c1. The summed E-state index contributed by atoms with van der Waals surface area (Å²) in [7, 11) is 3.16. The molecule has 53 heavy (non-hydrogen) atoms. The van der Waals surface area contributed by atoms with E-state index in [0.29, 0.717) is 47.8 Å². The molecule has 10 nitrogen and oxygen atoms in total. The van der Waals surface area contributed by atoms with E-state index in [0.717, 1.165) is 49.3 Å². The van der Waals surface area contributed by atoms with E-state index in [1.807, 2.05) is 30.3 Å². The topological polar surface area (TPSA) is 116 Å². The predicted molar refractivity (Wildman–Crippen MR) is 199 cm³/mol. The Morgan fingerprint density at radius 1 is 0.887 bits per heavy atom. The maximum Gasteiger partial charge on any atom is 0.416 e. The lowest BCUT2D eigenvalue weighted by Crippen LogP contribution is -2.33. The molecule has 1 aromatic heterocycles. The number of rotatable bonds is 15. The second-order valence-corrected chi connectivity index (χ2v) is 13.0. The predicted octanol–water partition coefficient (Wildman–Crippen LogP) is 6.52. The van der Waals surface area contributed by atoms with Gasteiger partial charge in [-0.15, -0.1) is 0 Å². The number of nitrogens with one attached hydrogen (secondary N) is 3. The van der Waals surface area contributed by atoms with Crippen molar-refractivity contribution in [3.8, 4) is 11.3 Å². The molecule has 1 aliphatic rings. The van der Waals surface area contributed by atoms with Crippen LogP contribution in [-0.4, -0.2) is 74.5 Å². The third-order valence-electron chi connectivity index (χ3n) is 9.01. The van der Waals surface area contributed by atoms with Crippen LogP contribution in [0.25, 0.3) is 11.3 Å². The fourth-order valence-corrected chi connectivity index (χ4v) is 6.10. The van der Waals surface area contributed by atoms with E-state index in [9.17, 15) is 27.6 Å². The Kier molecular flexibility index (Phi) is 13.6. The van der Waals surface area contributed by atoms with Crippen molar-refractivity contribution in [3.05, 3.63) is 113 Å². The van der Waals surface area contributed by atoms with Gasteiger partial charge in [-0.25, -0.2) is 0 Å². The summed E-state index contributed by atoms with van der Waals surface area (Å²) in [6, 6.07) is 21.3. The fourth-order valence-electron chi connectivity index (χ4n) is 6.10. The van der Waals surface area contributed by atoms with E-state index < -0.39 is 17.6 Å². The van der Waals surface area contributed by atoms with Crippen molar-refractivity contribution in [2.24, 2.45) is 0 Å². The van der Waals surface area contributed by atoms with E-state index in [1.165, 1.54) is 23.5 Å². The number of piperidine rings is 1. The van der Waals surface area contributed by atoms with E-state index >= 15 is 0 Å². The highest BCUT2D eigenvalue weighted by atomic mass is 19.4. The zero-order chi connectivity index (χ0) is 37.8. The first-order chi connectivity index (χ1) is 25.5. The van der Waals surface area contributed by atoms with Gasteiger partial charge in [-0.2, -0.15) is 13.2 Å². The van der Waals surface area contributed by atoms with Gasteiger partial charge in [0.2, 0.25) is 5.91 Å². The van der Waals surface area contributed by atoms with Crippen LogP contribution in [0.15, 0.2) is 85.1 Å². The van der Waals surface area contributed by atoms with Crippen molar-refractivity contribution in [2.45, 2.75) is 44.9 Å². The maximum atomic E-state index is 13.7. The molecule has 2 heterocycles. The minimum atomic E-state index is -4.41. The summed E-state index contributed by atoms with van der Waals surface area (Å²) in [5.74, 6) is -0.923. The number of benzene rings is 3. The summed E-state index contributed by atoms with van der Waals surface area (Å²) < 4.78 is 44.5. The highest BCUT2D eigenvalue weighted by Crippen LogP contribution is 2.33. The van der Waals surface area contributed by atoms with Crippen LogP contribution in [0.3, 0.4) is 0 Å². The number of alkyl halides is 3. The fraction of sp³-hybridized carbons (Fsp3) is 0.350. The lowest BCUT2D eigenvalue weighted by molar-refractivity contribution is -0.137. The smallest absolute Gasteiger partial charge is 0.383 e. The molecule has 0 atom stereocenters. The van der Waals surface area contributed by atoms with Crippen LogP contribution in [0.1, 0.15) is 63.1 Å². The van der Waals surface area contributed by atoms with Crippen molar-refractivity contribution < 1.29 is 32.3 Å². The maximum absolute atomic E-state index is 13.7. The molecule has 280 valence electrons. The van der Waals surface area contributed by atoms with Crippen LogP contribution in [0.4, 0.5) is 24.5 Å². The molecule has 0 saturated carbocycles. The number of hydrogen-bond acceptors (Lipinski definition) is 7. The Balaban J connectivity index is 1.31. The molecule has 4 aromatic rings. The normalized spacial score (nSPS) is 13.0. The number of ether oxygens (including phenoxy) is 1. The molecular formula is C40H45F3N6O4. The van der Waals surface area contributed by atoms with Crippen LogP contribution < -0.4 is 20.9 Å². The van der Waals surface area contributed by atoms with E-state index in [1.54, 1.807) is 44.6 Å². The Morgan fingerprint density at radius 3 is 2.38 bits per heavy atom. The second kappa shape index (κ2) is 18.5. The molecule has 13 heteroatoms. The molecule has 1 saturated heterocycles. The summed E-state index contributed by atoms with van der Waals surface area (Å²) in [4.78, 5) is 47.4. The van der Waals surface area contributed by atoms with Gasteiger partial charge in [0.25, 0.3) is 11.8 Å². The first-order valence-corrected chi connectivity index (χ1v) is 17.7. The quantitative estimate of drug-likeness (QED) is 0.119. The number of carbonyl (C=O) groups is 3. The minimum Gasteiger partial charge on any atom is -0.383 e. The van der Waals surface area contributed by atoms with Gasteiger partial charge in [0.1, 0.15) is 0 Å². The number of amides is 3. The Morgan fingerprint density at radius 2 is 1.62 bits per heavy atom. The molecule has 0 unspecified atom stereocenters. The minimum absolute atomic E-state index is 0.128. The molecule has 3 amide bonds. The van der Waals surface area contributed by atoms with Crippen LogP contribution in [-0.2, 0) is 28.8 Å². The van der Waals surface area contributed by atoms with Gasteiger partial charge in [0.05, 0.1) is 23.6 Å².